The highest BCUT2D eigenvalue weighted by Crippen LogP contribution is 2.41. The van der Waals surface area contributed by atoms with Crippen molar-refractivity contribution in [2.24, 2.45) is 4.99 Å². The summed E-state index contributed by atoms with van der Waals surface area (Å²) in [5, 5.41) is 0.338. The first-order valence-corrected chi connectivity index (χ1v) is 14.3. The van der Waals surface area contributed by atoms with Gasteiger partial charge in [0.05, 0.1) is 61.4 Å². The number of esters is 1. The maximum Gasteiger partial charge on any atom is 0.338 e. The number of fused-ring (bicyclic) bond motifs is 1. The Morgan fingerprint density at radius 1 is 1.07 bits per heavy atom. The largest absolute Gasteiger partial charge is 0.493 e. The van der Waals surface area contributed by atoms with Crippen molar-refractivity contribution in [3.63, 3.8) is 0 Å². The number of nitrogens with zero attached hydrogens (tertiary/aromatic N) is 2. The third kappa shape index (κ3) is 5.50. The summed E-state index contributed by atoms with van der Waals surface area (Å²) < 4.78 is 29.9. The fourth-order valence-corrected chi connectivity index (χ4v) is 6.33. The Labute approximate surface area is 248 Å². The third-order valence-corrected chi connectivity index (χ3v) is 8.10. The average molecular weight is 652 g/mol. The van der Waals surface area contributed by atoms with E-state index < -0.39 is 12.0 Å². The van der Waals surface area contributed by atoms with Gasteiger partial charge in [-0.3, -0.25) is 9.36 Å². The van der Waals surface area contributed by atoms with Crippen LogP contribution in [0, 0.1) is 0 Å². The average Bonchev–Trinajstić information content (AvgIpc) is 3.22. The van der Waals surface area contributed by atoms with Crippen LogP contribution in [0.5, 0.6) is 23.0 Å². The predicted octanol–water partition coefficient (Wildman–Crippen LogP) is 4.64. The fourth-order valence-electron chi connectivity index (χ4n) is 4.45. The molecule has 0 bridgehead atoms. The first-order chi connectivity index (χ1) is 19.2. The van der Waals surface area contributed by atoms with Crippen LogP contribution in [0.3, 0.4) is 0 Å². The second kappa shape index (κ2) is 12.5. The monoisotopic (exact) mass is 650 g/mol. The molecule has 0 saturated carbocycles. The molecular formula is C28H28BrClN2O7S. The van der Waals surface area contributed by atoms with E-state index in [0.29, 0.717) is 65.3 Å². The first kappa shape index (κ1) is 29.7. The summed E-state index contributed by atoms with van der Waals surface area (Å²) >= 11 is 11.2. The molecule has 2 aromatic carbocycles. The second-order valence-corrected chi connectivity index (χ2v) is 10.8. The van der Waals surface area contributed by atoms with Gasteiger partial charge in [0.15, 0.2) is 27.8 Å². The van der Waals surface area contributed by atoms with E-state index in [9.17, 15) is 9.59 Å². The number of hydrogen-bond acceptors (Lipinski definition) is 9. The van der Waals surface area contributed by atoms with Crippen LogP contribution in [0.25, 0.3) is 6.08 Å². The normalized spacial score (nSPS) is 14.9. The zero-order valence-electron chi connectivity index (χ0n) is 22.8. The van der Waals surface area contributed by atoms with Crippen LogP contribution in [0.4, 0.5) is 0 Å². The van der Waals surface area contributed by atoms with E-state index in [1.165, 1.54) is 37.2 Å². The lowest BCUT2D eigenvalue weighted by Gasteiger charge is -2.26. The van der Waals surface area contributed by atoms with E-state index in [1.807, 2.05) is 6.92 Å². The van der Waals surface area contributed by atoms with Crippen molar-refractivity contribution >= 4 is 50.9 Å². The highest BCUT2D eigenvalue weighted by Gasteiger charge is 2.35. The van der Waals surface area contributed by atoms with Crippen molar-refractivity contribution in [3.8, 4) is 23.0 Å². The van der Waals surface area contributed by atoms with Crippen LogP contribution >= 0.6 is 38.9 Å². The lowest BCUT2D eigenvalue weighted by Crippen LogP contribution is -2.40. The Bertz CT molecular complexity index is 1680. The molecule has 0 radical (unpaired) electrons. The van der Waals surface area contributed by atoms with Gasteiger partial charge < -0.3 is 23.7 Å². The summed E-state index contributed by atoms with van der Waals surface area (Å²) in [6.45, 7) is 5.92. The number of allylic oxidation sites excluding steroid dienone is 1. The Morgan fingerprint density at radius 3 is 2.42 bits per heavy atom. The molecule has 0 aliphatic carbocycles. The molecule has 212 valence electrons. The number of thiazole rings is 1. The molecule has 40 heavy (non-hydrogen) atoms. The zero-order chi connectivity index (χ0) is 29.1. The van der Waals surface area contributed by atoms with Gasteiger partial charge in [0.25, 0.3) is 5.56 Å². The standard InChI is InChI=1S/C28H28BrClN2O7S/c1-7-38-20-13-17(29)16(12-19(20)35-4)24-23(27(34)39-8-2)14(3)31-28-32(24)26(33)22(40-28)11-15-9-18(30)25(37-6)21(10-15)36-5/h9-13,24H,7-8H2,1-6H3/b22-11+/t24-/m0/s1. The van der Waals surface area contributed by atoms with Gasteiger partial charge in [-0.2, -0.15) is 0 Å². The number of aromatic nitrogens is 1. The van der Waals surface area contributed by atoms with Gasteiger partial charge in [0, 0.05) is 4.47 Å². The van der Waals surface area contributed by atoms with Gasteiger partial charge in [0.2, 0.25) is 0 Å². The minimum Gasteiger partial charge on any atom is -0.493 e. The lowest BCUT2D eigenvalue weighted by molar-refractivity contribution is -0.139. The van der Waals surface area contributed by atoms with Crippen molar-refractivity contribution in [2.75, 3.05) is 34.5 Å². The van der Waals surface area contributed by atoms with Crippen LogP contribution in [-0.4, -0.2) is 45.1 Å². The molecule has 0 unspecified atom stereocenters. The van der Waals surface area contributed by atoms with E-state index in [4.69, 9.17) is 35.3 Å². The number of rotatable bonds is 9. The summed E-state index contributed by atoms with van der Waals surface area (Å²) in [5.41, 5.74) is 1.61. The Balaban J connectivity index is 1.99. The lowest BCUT2D eigenvalue weighted by atomic mass is 9.95. The fraction of sp³-hybridized carbons (Fsp3) is 0.321. The molecule has 0 N–H and O–H groups in total. The van der Waals surface area contributed by atoms with Gasteiger partial charge in [-0.05, 0) is 62.2 Å². The van der Waals surface area contributed by atoms with E-state index >= 15 is 0 Å². The number of halogens is 2. The maximum absolute atomic E-state index is 14.0. The Kier molecular flexibility index (Phi) is 9.27. The van der Waals surface area contributed by atoms with E-state index in [0.717, 1.165) is 0 Å². The molecule has 1 aromatic heterocycles. The quantitative estimate of drug-likeness (QED) is 0.311. The van der Waals surface area contributed by atoms with E-state index in [2.05, 4.69) is 20.9 Å². The van der Waals surface area contributed by atoms with Crippen molar-refractivity contribution in [1.82, 2.24) is 4.57 Å². The number of ether oxygens (including phenoxy) is 5. The molecule has 1 aliphatic heterocycles. The Hall–Kier alpha value is -3.28. The van der Waals surface area contributed by atoms with Gasteiger partial charge >= 0.3 is 5.97 Å². The molecule has 2 heterocycles. The molecule has 12 heteroatoms. The topological polar surface area (TPSA) is 97.6 Å². The maximum atomic E-state index is 14.0. The molecule has 9 nitrogen and oxygen atoms in total. The summed E-state index contributed by atoms with van der Waals surface area (Å²) in [6.07, 6.45) is 1.70. The minimum absolute atomic E-state index is 0.167. The van der Waals surface area contributed by atoms with Gasteiger partial charge in [0.1, 0.15) is 0 Å². The molecule has 0 amide bonds. The SMILES string of the molecule is CCOC(=O)C1=C(C)N=c2s/c(=C/c3cc(Cl)c(OC)c(OC)c3)c(=O)n2[C@H]1c1cc(OC)c(OCC)cc1Br. The molecule has 0 spiro atoms. The smallest absolute Gasteiger partial charge is 0.338 e. The van der Waals surface area contributed by atoms with Gasteiger partial charge in [-0.1, -0.05) is 38.9 Å². The van der Waals surface area contributed by atoms with Crippen molar-refractivity contribution in [3.05, 3.63) is 75.8 Å². The number of carbonyl (C=O) groups is 1. The number of benzene rings is 2. The van der Waals surface area contributed by atoms with Gasteiger partial charge in [-0.25, -0.2) is 9.79 Å². The minimum atomic E-state index is -0.842. The first-order valence-electron chi connectivity index (χ1n) is 12.3. The highest BCUT2D eigenvalue weighted by atomic mass is 79.9. The molecule has 0 fully saturated rings. The predicted molar refractivity (Wildman–Crippen MR) is 157 cm³/mol. The third-order valence-electron chi connectivity index (χ3n) is 6.15. The van der Waals surface area contributed by atoms with Crippen molar-refractivity contribution in [2.45, 2.75) is 26.8 Å². The second-order valence-electron chi connectivity index (χ2n) is 8.50. The highest BCUT2D eigenvalue weighted by molar-refractivity contribution is 9.10. The van der Waals surface area contributed by atoms with E-state index in [-0.39, 0.29) is 17.7 Å². The van der Waals surface area contributed by atoms with Crippen LogP contribution in [0.15, 0.2) is 49.8 Å². The number of carbonyl (C=O) groups excluding carboxylic acids is 1. The summed E-state index contributed by atoms with van der Waals surface area (Å²) in [4.78, 5) is 32.3. The van der Waals surface area contributed by atoms with Crippen LogP contribution in [0.2, 0.25) is 5.02 Å². The van der Waals surface area contributed by atoms with E-state index in [1.54, 1.807) is 44.2 Å². The molecule has 3 aromatic rings. The number of hydrogen-bond donors (Lipinski definition) is 0. The summed E-state index contributed by atoms with van der Waals surface area (Å²) in [7, 11) is 4.54. The van der Waals surface area contributed by atoms with Crippen LogP contribution < -0.4 is 33.8 Å². The molecule has 4 rings (SSSR count). The van der Waals surface area contributed by atoms with Crippen LogP contribution in [0.1, 0.15) is 37.9 Å². The van der Waals surface area contributed by atoms with Crippen molar-refractivity contribution in [1.29, 1.82) is 0 Å². The molecule has 0 saturated heterocycles. The summed E-state index contributed by atoms with van der Waals surface area (Å²) in [6, 6.07) is 6.08. The molecule has 1 atom stereocenters. The van der Waals surface area contributed by atoms with Crippen LogP contribution in [-0.2, 0) is 9.53 Å². The zero-order valence-corrected chi connectivity index (χ0v) is 26.0. The van der Waals surface area contributed by atoms with Gasteiger partial charge in [-0.15, -0.1) is 0 Å². The molecular weight excluding hydrogens is 624 g/mol. The number of methoxy groups -OCH3 is 3. The summed E-state index contributed by atoms with van der Waals surface area (Å²) in [5.74, 6) is 1.25. The Morgan fingerprint density at radius 2 is 1.80 bits per heavy atom. The van der Waals surface area contributed by atoms with Crippen molar-refractivity contribution < 1.29 is 28.5 Å². The molecule has 1 aliphatic rings.